The zero-order valence-corrected chi connectivity index (χ0v) is 13.0. The lowest BCUT2D eigenvalue weighted by atomic mass is 9.96. The molecule has 0 radical (unpaired) electrons. The molecule has 8 heteroatoms. The minimum absolute atomic E-state index is 0.0643. The van der Waals surface area contributed by atoms with Gasteiger partial charge in [-0.15, -0.1) is 0 Å². The fraction of sp³-hybridized carbons (Fsp3) is 0. The first-order valence-electron chi connectivity index (χ1n) is 7.10. The molecule has 0 fully saturated rings. The minimum atomic E-state index is -1.56. The van der Waals surface area contributed by atoms with Crippen LogP contribution in [0.4, 0.5) is 0 Å². The molecule has 0 bridgehead atoms. The molecule has 2 aromatic carbocycles. The molecule has 0 heterocycles. The van der Waals surface area contributed by atoms with Crippen molar-refractivity contribution in [3.05, 3.63) is 69.8 Å². The van der Waals surface area contributed by atoms with E-state index in [0.717, 1.165) is 12.1 Å². The smallest absolute Gasteiger partial charge is 0.337 e. The van der Waals surface area contributed by atoms with E-state index in [4.69, 9.17) is 10.2 Å². The molecule has 0 aromatic heterocycles. The Labute approximate surface area is 146 Å². The first kappa shape index (κ1) is 18.4. The molecular weight excluding hydrogens is 344 g/mol. The Morgan fingerprint density at radius 3 is 1.69 bits per heavy atom. The van der Waals surface area contributed by atoms with Gasteiger partial charge in [0.2, 0.25) is 0 Å². The number of hydrogen-bond donors (Lipinski definition) is 4. The second-order valence-corrected chi connectivity index (χ2v) is 5.16. The highest BCUT2D eigenvalue weighted by atomic mass is 16.4. The third kappa shape index (κ3) is 3.93. The van der Waals surface area contributed by atoms with Gasteiger partial charge in [-0.2, -0.15) is 0 Å². The van der Waals surface area contributed by atoms with Crippen molar-refractivity contribution in [3.63, 3.8) is 0 Å². The van der Waals surface area contributed by atoms with Crippen LogP contribution in [-0.4, -0.2) is 44.3 Å². The maximum absolute atomic E-state index is 11.4. The van der Waals surface area contributed by atoms with Crippen molar-refractivity contribution < 1.29 is 39.6 Å². The summed E-state index contributed by atoms with van der Waals surface area (Å²) in [6.45, 7) is 0. The Morgan fingerprint density at radius 2 is 1.23 bits per heavy atom. The van der Waals surface area contributed by atoms with Gasteiger partial charge < -0.3 is 20.4 Å². The lowest BCUT2D eigenvalue weighted by Gasteiger charge is -2.08. The fourth-order valence-corrected chi connectivity index (χ4v) is 2.25. The van der Waals surface area contributed by atoms with Crippen LogP contribution in [0, 0.1) is 0 Å². The quantitative estimate of drug-likeness (QED) is 0.577. The zero-order chi connectivity index (χ0) is 19.4. The molecule has 0 atom stereocenters. The summed E-state index contributed by atoms with van der Waals surface area (Å²) in [6, 6.07) is 7.47. The van der Waals surface area contributed by atoms with Gasteiger partial charge in [-0.1, -0.05) is 24.3 Å². The summed E-state index contributed by atoms with van der Waals surface area (Å²) < 4.78 is 0. The zero-order valence-electron chi connectivity index (χ0n) is 13.0. The van der Waals surface area contributed by atoms with Crippen LogP contribution in [0.1, 0.15) is 52.6 Å². The summed E-state index contributed by atoms with van der Waals surface area (Å²) in [5.41, 5.74) is -1.07. The van der Waals surface area contributed by atoms with Crippen LogP contribution >= 0.6 is 0 Å². The highest BCUT2D eigenvalue weighted by Crippen LogP contribution is 2.21. The van der Waals surface area contributed by atoms with Crippen molar-refractivity contribution in [3.8, 4) is 0 Å². The second-order valence-electron chi connectivity index (χ2n) is 5.16. The highest BCUT2D eigenvalue weighted by molar-refractivity contribution is 6.07. The van der Waals surface area contributed by atoms with Crippen LogP contribution in [0.15, 0.2) is 36.4 Å². The van der Waals surface area contributed by atoms with Gasteiger partial charge >= 0.3 is 23.9 Å². The topological polar surface area (TPSA) is 149 Å². The SMILES string of the molecule is O=C(O)c1ccc(/C=C/c2cc(C(=O)O)cc(C(=O)O)c2C(=O)O)cc1. The van der Waals surface area contributed by atoms with Gasteiger partial charge in [-0.3, -0.25) is 0 Å². The number of rotatable bonds is 6. The lowest BCUT2D eigenvalue weighted by Crippen LogP contribution is -2.12. The average molecular weight is 356 g/mol. The Hall–Kier alpha value is -3.94. The van der Waals surface area contributed by atoms with E-state index in [1.165, 1.54) is 36.4 Å². The maximum Gasteiger partial charge on any atom is 0.337 e. The van der Waals surface area contributed by atoms with Crippen LogP contribution in [0.3, 0.4) is 0 Å². The number of benzene rings is 2. The second kappa shape index (κ2) is 7.31. The van der Waals surface area contributed by atoms with Crippen LogP contribution in [0.2, 0.25) is 0 Å². The summed E-state index contributed by atoms with van der Waals surface area (Å²) in [5, 5.41) is 36.4. The molecule has 8 nitrogen and oxygen atoms in total. The van der Waals surface area contributed by atoms with E-state index in [0.29, 0.717) is 5.56 Å². The summed E-state index contributed by atoms with van der Waals surface area (Å²) in [4.78, 5) is 44.7. The van der Waals surface area contributed by atoms with E-state index in [1.54, 1.807) is 0 Å². The van der Waals surface area contributed by atoms with Crippen molar-refractivity contribution >= 4 is 36.0 Å². The molecule has 2 aromatic rings. The van der Waals surface area contributed by atoms with E-state index >= 15 is 0 Å². The van der Waals surface area contributed by atoms with E-state index < -0.39 is 35.0 Å². The van der Waals surface area contributed by atoms with E-state index in [9.17, 15) is 29.4 Å². The van der Waals surface area contributed by atoms with Gasteiger partial charge in [0.05, 0.1) is 22.3 Å². The number of aromatic carboxylic acids is 4. The molecule has 0 aliphatic heterocycles. The van der Waals surface area contributed by atoms with Crippen molar-refractivity contribution in [2.24, 2.45) is 0 Å². The van der Waals surface area contributed by atoms with Crippen molar-refractivity contribution in [2.45, 2.75) is 0 Å². The molecule has 0 spiro atoms. The van der Waals surface area contributed by atoms with Gasteiger partial charge in [-0.25, -0.2) is 19.2 Å². The molecule has 0 unspecified atom stereocenters. The van der Waals surface area contributed by atoms with Crippen LogP contribution in [-0.2, 0) is 0 Å². The van der Waals surface area contributed by atoms with Gasteiger partial charge in [0.15, 0.2) is 0 Å². The summed E-state index contributed by atoms with van der Waals surface area (Å²) in [7, 11) is 0. The Balaban J connectivity index is 2.55. The largest absolute Gasteiger partial charge is 0.478 e. The summed E-state index contributed by atoms with van der Waals surface area (Å²) in [6.07, 6.45) is 2.68. The molecule has 0 saturated heterocycles. The first-order chi connectivity index (χ1) is 12.2. The number of hydrogen-bond acceptors (Lipinski definition) is 4. The molecule has 0 aliphatic rings. The predicted octanol–water partition coefficient (Wildman–Crippen LogP) is 2.65. The Bertz CT molecular complexity index is 938. The van der Waals surface area contributed by atoms with Crippen LogP contribution in [0.5, 0.6) is 0 Å². The molecule has 132 valence electrons. The predicted molar refractivity (Wildman–Crippen MR) is 89.6 cm³/mol. The van der Waals surface area contributed by atoms with Gasteiger partial charge in [0, 0.05) is 0 Å². The highest BCUT2D eigenvalue weighted by Gasteiger charge is 2.22. The van der Waals surface area contributed by atoms with Gasteiger partial charge in [-0.05, 0) is 35.4 Å². The molecule has 0 saturated carbocycles. The van der Waals surface area contributed by atoms with Crippen LogP contribution < -0.4 is 0 Å². The average Bonchev–Trinajstić information content (AvgIpc) is 2.58. The summed E-state index contributed by atoms with van der Waals surface area (Å²) >= 11 is 0. The normalized spacial score (nSPS) is 10.6. The number of carboxylic acids is 4. The Morgan fingerprint density at radius 1 is 0.654 bits per heavy atom. The Kier molecular flexibility index (Phi) is 5.17. The monoisotopic (exact) mass is 356 g/mol. The van der Waals surface area contributed by atoms with Gasteiger partial charge in [0.25, 0.3) is 0 Å². The van der Waals surface area contributed by atoms with Crippen molar-refractivity contribution in [2.75, 3.05) is 0 Å². The molecule has 26 heavy (non-hydrogen) atoms. The van der Waals surface area contributed by atoms with E-state index in [2.05, 4.69) is 0 Å². The number of carbonyl (C=O) groups is 4. The molecule has 0 aliphatic carbocycles. The van der Waals surface area contributed by atoms with Crippen LogP contribution in [0.25, 0.3) is 12.2 Å². The van der Waals surface area contributed by atoms with Crippen molar-refractivity contribution in [1.82, 2.24) is 0 Å². The van der Waals surface area contributed by atoms with E-state index in [1.807, 2.05) is 0 Å². The first-order valence-corrected chi connectivity index (χ1v) is 7.10. The molecular formula is C18H12O8. The van der Waals surface area contributed by atoms with E-state index in [-0.39, 0.29) is 16.7 Å². The number of carboxylic acid groups (broad SMARTS) is 4. The fourth-order valence-electron chi connectivity index (χ4n) is 2.25. The molecule has 0 amide bonds. The molecule has 4 N–H and O–H groups in total. The van der Waals surface area contributed by atoms with Crippen molar-refractivity contribution in [1.29, 1.82) is 0 Å². The standard InChI is InChI=1S/C18H12O8/c19-15(20)10-4-1-9(2-5-10)3-6-11-7-12(16(21)22)8-13(17(23)24)14(11)18(25)26/h1-8H,(H,19,20)(H,21,22)(H,23,24)(H,25,26)/b6-3+. The third-order valence-corrected chi connectivity index (χ3v) is 3.47. The third-order valence-electron chi connectivity index (χ3n) is 3.47. The maximum atomic E-state index is 11.4. The lowest BCUT2D eigenvalue weighted by molar-refractivity contribution is 0.0649. The minimum Gasteiger partial charge on any atom is -0.478 e. The van der Waals surface area contributed by atoms with Gasteiger partial charge in [0.1, 0.15) is 0 Å². The summed E-state index contributed by atoms with van der Waals surface area (Å²) in [5.74, 6) is -5.58. The molecule has 2 rings (SSSR count).